The van der Waals surface area contributed by atoms with Gasteiger partial charge in [0.25, 0.3) is 0 Å². The lowest BCUT2D eigenvalue weighted by Gasteiger charge is -2.04. The van der Waals surface area contributed by atoms with Crippen LogP contribution in [0, 0.1) is 11.8 Å². The second-order valence-electron chi connectivity index (χ2n) is 4.73. The summed E-state index contributed by atoms with van der Waals surface area (Å²) in [6.45, 7) is 2.04. The highest BCUT2D eigenvalue weighted by atomic mass is 16.3. The average Bonchev–Trinajstić information content (AvgIpc) is 2.72. The molecule has 2 aromatic carbocycles. The van der Waals surface area contributed by atoms with E-state index in [0.29, 0.717) is 5.69 Å². The molecule has 0 amide bonds. The first kappa shape index (κ1) is 11.7. The zero-order valence-electron chi connectivity index (χ0n) is 10.9. The molecule has 1 heterocycles. The first-order chi connectivity index (χ1) is 9.22. The van der Waals surface area contributed by atoms with Crippen LogP contribution in [0.25, 0.3) is 22.2 Å². The van der Waals surface area contributed by atoms with Gasteiger partial charge in [-0.25, -0.2) is 0 Å². The molecule has 0 bridgehead atoms. The largest absolute Gasteiger partial charge is 0.342 e. The lowest BCUT2D eigenvalue weighted by molar-refractivity contribution is 0.977. The van der Waals surface area contributed by atoms with Gasteiger partial charge in [0, 0.05) is 18.0 Å². The first-order valence-corrected chi connectivity index (χ1v) is 6.20. The Balaban J connectivity index is 2.42. The molecular weight excluding hydrogens is 236 g/mol. The van der Waals surface area contributed by atoms with Crippen molar-refractivity contribution < 1.29 is 0 Å². The molecule has 0 radical (unpaired) electrons. The predicted molar refractivity (Wildman–Crippen MR) is 78.5 cm³/mol. The minimum Gasteiger partial charge on any atom is -0.342 e. The van der Waals surface area contributed by atoms with Crippen LogP contribution >= 0.6 is 0 Å². The van der Waals surface area contributed by atoms with Gasteiger partial charge in [0.2, 0.25) is 0 Å². The molecule has 0 saturated carbocycles. The van der Waals surface area contributed by atoms with E-state index in [2.05, 4.69) is 11.2 Å². The molecule has 0 unspecified atom stereocenters. The summed E-state index contributed by atoms with van der Waals surface area (Å²) in [5, 5.41) is 4.16. The third kappa shape index (κ3) is 1.74. The highest BCUT2D eigenvalue weighted by molar-refractivity contribution is 6.00. The number of aryl methyl sites for hydroxylation is 2. The van der Waals surface area contributed by atoms with Crippen molar-refractivity contribution >= 4 is 16.6 Å². The van der Waals surface area contributed by atoms with Crippen LogP contribution in [0.1, 0.15) is 5.56 Å². The molecule has 3 heteroatoms. The number of hydrogen-bond acceptors (Lipinski definition) is 2. The summed E-state index contributed by atoms with van der Waals surface area (Å²) in [6, 6.07) is 15.9. The number of aromatic nitrogens is 1. The van der Waals surface area contributed by atoms with Crippen molar-refractivity contribution in [2.45, 2.75) is 6.92 Å². The summed E-state index contributed by atoms with van der Waals surface area (Å²) in [4.78, 5) is 11.2. The Hall–Kier alpha value is -2.42. The highest BCUT2D eigenvalue weighted by Gasteiger charge is 2.17. The fraction of sp³-hybridized carbons (Fsp3) is 0.125. The molecule has 3 nitrogen and oxygen atoms in total. The average molecular weight is 250 g/mol. The first-order valence-electron chi connectivity index (χ1n) is 6.20. The monoisotopic (exact) mass is 250 g/mol. The molecule has 0 atom stereocenters. The second-order valence-corrected chi connectivity index (χ2v) is 4.73. The minimum absolute atomic E-state index is 0.517. The summed E-state index contributed by atoms with van der Waals surface area (Å²) in [5.41, 5.74) is 4.60. The van der Waals surface area contributed by atoms with Crippen molar-refractivity contribution in [2.24, 2.45) is 12.2 Å². The molecule has 1 aromatic heterocycles. The van der Waals surface area contributed by atoms with Gasteiger partial charge >= 0.3 is 0 Å². The van der Waals surface area contributed by atoms with Crippen molar-refractivity contribution in [3.63, 3.8) is 0 Å². The van der Waals surface area contributed by atoms with Gasteiger partial charge in [-0.15, -0.1) is 4.91 Å². The van der Waals surface area contributed by atoms with Crippen LogP contribution in [0.5, 0.6) is 0 Å². The number of nitroso groups, excluding NO2 is 1. The fourth-order valence-corrected chi connectivity index (χ4v) is 2.55. The molecule has 0 aliphatic heterocycles. The Morgan fingerprint density at radius 3 is 2.47 bits per heavy atom. The maximum absolute atomic E-state index is 11.2. The Labute approximate surface area is 111 Å². The van der Waals surface area contributed by atoms with Crippen LogP contribution < -0.4 is 0 Å². The number of hydrogen-bond donors (Lipinski definition) is 0. The normalized spacial score (nSPS) is 10.8. The van der Waals surface area contributed by atoms with E-state index >= 15 is 0 Å². The molecule has 94 valence electrons. The van der Waals surface area contributed by atoms with Gasteiger partial charge in [-0.05, 0) is 23.7 Å². The van der Waals surface area contributed by atoms with Gasteiger partial charge in [0.15, 0.2) is 0 Å². The van der Waals surface area contributed by atoms with Crippen LogP contribution in [0.15, 0.2) is 53.7 Å². The van der Waals surface area contributed by atoms with Gasteiger partial charge in [0.1, 0.15) is 5.69 Å². The number of nitrogens with zero attached hydrogens (tertiary/aromatic N) is 2. The lowest BCUT2D eigenvalue weighted by atomic mass is 10.1. The number of fused-ring (bicyclic) bond motifs is 1. The quantitative estimate of drug-likeness (QED) is 0.614. The third-order valence-electron chi connectivity index (χ3n) is 3.47. The van der Waals surface area contributed by atoms with Crippen molar-refractivity contribution in [3.8, 4) is 11.3 Å². The Kier molecular flexibility index (Phi) is 2.67. The second kappa shape index (κ2) is 4.35. The van der Waals surface area contributed by atoms with E-state index < -0.39 is 0 Å². The summed E-state index contributed by atoms with van der Waals surface area (Å²) in [7, 11) is 1.97. The van der Waals surface area contributed by atoms with Gasteiger partial charge in [-0.2, -0.15) is 0 Å². The van der Waals surface area contributed by atoms with E-state index in [0.717, 1.165) is 22.2 Å². The van der Waals surface area contributed by atoms with Crippen LogP contribution in [0.4, 0.5) is 5.69 Å². The Bertz CT molecular complexity index is 757. The van der Waals surface area contributed by atoms with Gasteiger partial charge < -0.3 is 4.57 Å². The summed E-state index contributed by atoms with van der Waals surface area (Å²) in [5.74, 6) is 0. The van der Waals surface area contributed by atoms with Crippen molar-refractivity contribution in [1.82, 2.24) is 4.57 Å². The lowest BCUT2D eigenvalue weighted by Crippen LogP contribution is -1.91. The molecule has 0 N–H and O–H groups in total. The van der Waals surface area contributed by atoms with E-state index in [1.165, 1.54) is 5.56 Å². The predicted octanol–water partition coefficient (Wildman–Crippen LogP) is 4.55. The Morgan fingerprint density at radius 2 is 1.79 bits per heavy atom. The van der Waals surface area contributed by atoms with Crippen LogP contribution in [-0.2, 0) is 7.05 Å². The van der Waals surface area contributed by atoms with Crippen LogP contribution in [0.2, 0.25) is 0 Å². The smallest absolute Gasteiger partial charge is 0.141 e. The molecule has 3 aromatic rings. The standard InChI is InChI=1S/C16H14N2O/c1-11-8-9-13-14(10-11)18(2)16(15(13)17-19)12-6-4-3-5-7-12/h3-10H,1-2H3. The zero-order valence-corrected chi connectivity index (χ0v) is 10.9. The van der Waals surface area contributed by atoms with E-state index in [9.17, 15) is 4.91 Å². The summed E-state index contributed by atoms with van der Waals surface area (Å²) >= 11 is 0. The maximum Gasteiger partial charge on any atom is 0.141 e. The summed E-state index contributed by atoms with van der Waals surface area (Å²) < 4.78 is 2.04. The highest BCUT2D eigenvalue weighted by Crippen LogP contribution is 2.39. The third-order valence-corrected chi connectivity index (χ3v) is 3.47. The molecule has 0 spiro atoms. The molecule has 0 fully saturated rings. The van der Waals surface area contributed by atoms with Gasteiger partial charge in [-0.1, -0.05) is 42.5 Å². The molecule has 19 heavy (non-hydrogen) atoms. The van der Waals surface area contributed by atoms with Crippen LogP contribution in [-0.4, -0.2) is 4.57 Å². The van der Waals surface area contributed by atoms with Crippen molar-refractivity contribution in [1.29, 1.82) is 0 Å². The number of rotatable bonds is 2. The topological polar surface area (TPSA) is 34.4 Å². The zero-order chi connectivity index (χ0) is 13.4. The van der Waals surface area contributed by atoms with Gasteiger partial charge in [0.05, 0.1) is 11.2 Å². The minimum atomic E-state index is 0.517. The molecule has 3 rings (SSSR count). The fourth-order valence-electron chi connectivity index (χ4n) is 2.55. The van der Waals surface area contributed by atoms with Crippen molar-refractivity contribution in [3.05, 3.63) is 59.0 Å². The van der Waals surface area contributed by atoms with E-state index in [1.54, 1.807) is 0 Å². The van der Waals surface area contributed by atoms with E-state index in [-0.39, 0.29) is 0 Å². The van der Waals surface area contributed by atoms with E-state index in [1.807, 2.05) is 61.0 Å². The molecule has 0 aliphatic carbocycles. The Morgan fingerprint density at radius 1 is 1.05 bits per heavy atom. The van der Waals surface area contributed by atoms with Gasteiger partial charge in [-0.3, -0.25) is 0 Å². The summed E-state index contributed by atoms with van der Waals surface area (Å²) in [6.07, 6.45) is 0. The molecule has 0 saturated heterocycles. The number of benzene rings is 2. The van der Waals surface area contributed by atoms with E-state index in [4.69, 9.17) is 0 Å². The molecular formula is C16H14N2O. The molecule has 0 aliphatic rings. The van der Waals surface area contributed by atoms with Crippen LogP contribution in [0.3, 0.4) is 0 Å². The SMILES string of the molecule is Cc1ccc2c(N=O)c(-c3ccccc3)n(C)c2c1. The van der Waals surface area contributed by atoms with Crippen molar-refractivity contribution in [2.75, 3.05) is 0 Å². The maximum atomic E-state index is 11.2.